The number of carbonyl (C=O) groups is 1. The van der Waals surface area contributed by atoms with Crippen LogP contribution in [0.2, 0.25) is 0 Å². The molecule has 1 aromatic heterocycles. The van der Waals surface area contributed by atoms with Crippen LogP contribution in [0.1, 0.15) is 28.5 Å². The molecule has 3 nitrogen and oxygen atoms in total. The van der Waals surface area contributed by atoms with E-state index in [1.807, 2.05) is 75.4 Å². The van der Waals surface area contributed by atoms with Crippen LogP contribution in [0.3, 0.4) is 0 Å². The minimum atomic E-state index is -0.280. The van der Waals surface area contributed by atoms with Crippen LogP contribution in [-0.2, 0) is 4.74 Å². The van der Waals surface area contributed by atoms with E-state index in [-0.39, 0.29) is 5.97 Å². The van der Waals surface area contributed by atoms with E-state index < -0.39 is 0 Å². The van der Waals surface area contributed by atoms with Crippen molar-refractivity contribution in [3.63, 3.8) is 0 Å². The van der Waals surface area contributed by atoms with Gasteiger partial charge in [-0.05, 0) is 56.2 Å². The molecule has 0 atom stereocenters. The van der Waals surface area contributed by atoms with Gasteiger partial charge in [0.15, 0.2) is 0 Å². The molecule has 3 aromatic rings. The molecule has 0 aliphatic carbocycles. The van der Waals surface area contributed by atoms with Gasteiger partial charge < -0.3 is 9.30 Å². The molecule has 0 bridgehead atoms. The molecular weight excluding hydrogens is 378 g/mol. The first kappa shape index (κ1) is 17.5. The lowest BCUT2D eigenvalue weighted by Crippen LogP contribution is -2.08. The molecule has 0 aliphatic rings. The topological polar surface area (TPSA) is 31.2 Å². The second kappa shape index (κ2) is 7.28. The Hall–Kier alpha value is -2.33. The molecule has 4 heteroatoms. The highest BCUT2D eigenvalue weighted by Gasteiger charge is 2.25. The van der Waals surface area contributed by atoms with Crippen molar-refractivity contribution >= 4 is 21.9 Å². The molecule has 128 valence electrons. The van der Waals surface area contributed by atoms with E-state index in [1.165, 1.54) is 0 Å². The van der Waals surface area contributed by atoms with Crippen LogP contribution in [0.15, 0.2) is 59.1 Å². The molecule has 1 heterocycles. The normalized spacial score (nSPS) is 10.7. The largest absolute Gasteiger partial charge is 0.462 e. The number of rotatable bonds is 4. The summed E-state index contributed by atoms with van der Waals surface area (Å²) in [7, 11) is 0. The molecule has 0 unspecified atom stereocenters. The number of halogens is 1. The van der Waals surface area contributed by atoms with Gasteiger partial charge in [0.25, 0.3) is 0 Å². The van der Waals surface area contributed by atoms with Gasteiger partial charge in [-0.2, -0.15) is 0 Å². The van der Waals surface area contributed by atoms with Crippen molar-refractivity contribution < 1.29 is 9.53 Å². The number of hydrogen-bond donors (Lipinski definition) is 0. The van der Waals surface area contributed by atoms with E-state index in [4.69, 9.17) is 4.74 Å². The van der Waals surface area contributed by atoms with Gasteiger partial charge in [-0.1, -0.05) is 46.3 Å². The summed E-state index contributed by atoms with van der Waals surface area (Å²) in [6.45, 7) is 6.19. The van der Waals surface area contributed by atoms with Gasteiger partial charge in [0, 0.05) is 15.9 Å². The lowest BCUT2D eigenvalue weighted by Gasteiger charge is -2.13. The van der Waals surface area contributed by atoms with E-state index in [0.29, 0.717) is 12.2 Å². The summed E-state index contributed by atoms with van der Waals surface area (Å²) in [6, 6.07) is 18.1. The fraction of sp³-hybridized carbons (Fsp3) is 0.190. The highest BCUT2D eigenvalue weighted by atomic mass is 79.9. The maximum Gasteiger partial charge on any atom is 0.340 e. The van der Waals surface area contributed by atoms with Gasteiger partial charge >= 0.3 is 5.97 Å². The number of ether oxygens (including phenoxy) is 1. The maximum atomic E-state index is 12.7. The zero-order chi connectivity index (χ0) is 18.0. The Kier molecular flexibility index (Phi) is 5.09. The highest BCUT2D eigenvalue weighted by Crippen LogP contribution is 2.34. The third-order valence-corrected chi connectivity index (χ3v) is 4.85. The van der Waals surface area contributed by atoms with Crippen LogP contribution in [0.25, 0.3) is 16.9 Å². The lowest BCUT2D eigenvalue weighted by atomic mass is 10.0. The quantitative estimate of drug-likeness (QED) is 0.528. The molecule has 0 saturated carbocycles. The van der Waals surface area contributed by atoms with Crippen LogP contribution in [-0.4, -0.2) is 17.1 Å². The van der Waals surface area contributed by atoms with Gasteiger partial charge in [-0.3, -0.25) is 0 Å². The van der Waals surface area contributed by atoms with Gasteiger partial charge in [0.05, 0.1) is 17.9 Å². The molecular formula is C21H20BrNO2. The first-order valence-electron chi connectivity index (χ1n) is 8.25. The van der Waals surface area contributed by atoms with Crippen molar-refractivity contribution in [2.75, 3.05) is 6.61 Å². The number of carbonyl (C=O) groups excluding carboxylic acids is 1. The summed E-state index contributed by atoms with van der Waals surface area (Å²) in [5, 5.41) is 0. The lowest BCUT2D eigenvalue weighted by molar-refractivity contribution is 0.0526. The van der Waals surface area contributed by atoms with Crippen LogP contribution in [0, 0.1) is 13.8 Å². The summed E-state index contributed by atoms with van der Waals surface area (Å²) >= 11 is 3.48. The predicted molar refractivity (Wildman–Crippen MR) is 104 cm³/mol. The minimum absolute atomic E-state index is 0.280. The van der Waals surface area contributed by atoms with Gasteiger partial charge in [0.1, 0.15) is 0 Å². The fourth-order valence-corrected chi connectivity index (χ4v) is 3.31. The van der Waals surface area contributed by atoms with E-state index in [2.05, 4.69) is 20.5 Å². The highest BCUT2D eigenvalue weighted by molar-refractivity contribution is 9.10. The standard InChI is InChI=1S/C21H20BrNO2/c1-4-25-21(24)19-14(2)15(3)23(18-12-10-17(22)11-13-18)20(19)16-8-6-5-7-9-16/h5-13H,4H2,1-3H3. The first-order valence-corrected chi connectivity index (χ1v) is 9.04. The van der Waals surface area contributed by atoms with Crippen molar-refractivity contribution in [2.24, 2.45) is 0 Å². The van der Waals surface area contributed by atoms with Crippen LogP contribution < -0.4 is 0 Å². The SMILES string of the molecule is CCOC(=O)c1c(C)c(C)n(-c2ccc(Br)cc2)c1-c1ccccc1. The second-order valence-corrected chi connectivity index (χ2v) is 6.75. The minimum Gasteiger partial charge on any atom is -0.462 e. The number of esters is 1. The summed E-state index contributed by atoms with van der Waals surface area (Å²) in [5.41, 5.74) is 5.48. The molecule has 2 aromatic carbocycles. The Morgan fingerprint density at radius 2 is 1.68 bits per heavy atom. The smallest absolute Gasteiger partial charge is 0.340 e. The first-order chi connectivity index (χ1) is 12.0. The zero-order valence-electron chi connectivity index (χ0n) is 14.5. The molecule has 3 rings (SSSR count). The maximum absolute atomic E-state index is 12.7. The third kappa shape index (κ3) is 3.27. The Bertz CT molecular complexity index is 896. The van der Waals surface area contributed by atoms with Crippen molar-refractivity contribution in [1.82, 2.24) is 4.57 Å². The number of nitrogens with zero attached hydrogens (tertiary/aromatic N) is 1. The van der Waals surface area contributed by atoms with Crippen LogP contribution in [0.4, 0.5) is 0 Å². The van der Waals surface area contributed by atoms with Crippen molar-refractivity contribution in [3.05, 3.63) is 75.9 Å². The molecule has 0 saturated heterocycles. The molecule has 0 fully saturated rings. The van der Waals surface area contributed by atoms with Crippen molar-refractivity contribution in [1.29, 1.82) is 0 Å². The number of aromatic nitrogens is 1. The van der Waals surface area contributed by atoms with E-state index in [1.54, 1.807) is 0 Å². The van der Waals surface area contributed by atoms with Crippen LogP contribution in [0.5, 0.6) is 0 Å². The average molecular weight is 398 g/mol. The van der Waals surface area contributed by atoms with Gasteiger partial charge in [-0.15, -0.1) is 0 Å². The average Bonchev–Trinajstić information content (AvgIpc) is 2.88. The molecule has 0 N–H and O–H groups in total. The summed E-state index contributed by atoms with van der Waals surface area (Å²) in [4.78, 5) is 12.7. The van der Waals surface area contributed by atoms with Crippen LogP contribution >= 0.6 is 15.9 Å². The Balaban J connectivity index is 2.32. The Morgan fingerprint density at radius 3 is 2.28 bits per heavy atom. The van der Waals surface area contributed by atoms with Gasteiger partial charge in [0.2, 0.25) is 0 Å². The Labute approximate surface area is 156 Å². The van der Waals surface area contributed by atoms with E-state index in [0.717, 1.165) is 32.7 Å². The molecule has 0 radical (unpaired) electrons. The predicted octanol–water partition coefficient (Wildman–Crippen LogP) is 5.70. The molecule has 0 amide bonds. The monoisotopic (exact) mass is 397 g/mol. The molecule has 0 aliphatic heterocycles. The zero-order valence-corrected chi connectivity index (χ0v) is 16.1. The van der Waals surface area contributed by atoms with Crippen molar-refractivity contribution in [2.45, 2.75) is 20.8 Å². The van der Waals surface area contributed by atoms with Crippen molar-refractivity contribution in [3.8, 4) is 16.9 Å². The molecule has 25 heavy (non-hydrogen) atoms. The van der Waals surface area contributed by atoms with E-state index >= 15 is 0 Å². The summed E-state index contributed by atoms with van der Waals surface area (Å²) in [5.74, 6) is -0.280. The van der Waals surface area contributed by atoms with Gasteiger partial charge in [-0.25, -0.2) is 4.79 Å². The summed E-state index contributed by atoms with van der Waals surface area (Å²) < 4.78 is 8.48. The Morgan fingerprint density at radius 1 is 1.04 bits per heavy atom. The number of hydrogen-bond acceptors (Lipinski definition) is 2. The van der Waals surface area contributed by atoms with E-state index in [9.17, 15) is 4.79 Å². The third-order valence-electron chi connectivity index (χ3n) is 4.33. The molecule has 0 spiro atoms. The number of benzene rings is 2. The second-order valence-electron chi connectivity index (χ2n) is 5.83. The fourth-order valence-electron chi connectivity index (χ4n) is 3.04. The summed E-state index contributed by atoms with van der Waals surface area (Å²) in [6.07, 6.45) is 0.